The molecular weight excluding hydrogens is 170 g/mol. The minimum absolute atomic E-state index is 0.0425. The maximum atomic E-state index is 9.45. The van der Waals surface area contributed by atoms with Crippen LogP contribution in [0.3, 0.4) is 0 Å². The minimum Gasteiger partial charge on any atom is -0.507 e. The number of ether oxygens (including phenoxy) is 1. The number of rotatable bonds is 3. The van der Waals surface area contributed by atoms with E-state index in [-0.39, 0.29) is 12.4 Å². The van der Waals surface area contributed by atoms with Crippen molar-refractivity contribution in [2.75, 3.05) is 13.7 Å². The SMILES string of the molecule is COc1cccc(O)c1[C@@H](N)CO. The molecule has 0 unspecified atom stereocenters. The number of aliphatic hydroxyl groups is 1. The van der Waals surface area contributed by atoms with Gasteiger partial charge in [-0.25, -0.2) is 0 Å². The van der Waals surface area contributed by atoms with E-state index >= 15 is 0 Å². The Morgan fingerprint density at radius 3 is 2.77 bits per heavy atom. The smallest absolute Gasteiger partial charge is 0.127 e. The third-order valence-corrected chi connectivity index (χ3v) is 1.83. The van der Waals surface area contributed by atoms with Crippen LogP contribution >= 0.6 is 0 Å². The Hall–Kier alpha value is -1.26. The maximum Gasteiger partial charge on any atom is 0.127 e. The fourth-order valence-electron chi connectivity index (χ4n) is 1.17. The van der Waals surface area contributed by atoms with Crippen molar-refractivity contribution in [3.05, 3.63) is 23.8 Å². The molecule has 1 atom stereocenters. The Labute approximate surface area is 76.6 Å². The van der Waals surface area contributed by atoms with Gasteiger partial charge in [-0.1, -0.05) is 6.07 Å². The highest BCUT2D eigenvalue weighted by Gasteiger charge is 2.14. The molecule has 0 aliphatic carbocycles. The van der Waals surface area contributed by atoms with Crippen LogP contribution in [0.2, 0.25) is 0 Å². The topological polar surface area (TPSA) is 75.7 Å². The van der Waals surface area contributed by atoms with E-state index in [1.807, 2.05) is 0 Å². The summed E-state index contributed by atoms with van der Waals surface area (Å²) in [6.45, 7) is -0.228. The summed E-state index contributed by atoms with van der Waals surface area (Å²) in [7, 11) is 1.49. The van der Waals surface area contributed by atoms with Gasteiger partial charge < -0.3 is 20.7 Å². The molecule has 0 fully saturated rings. The molecule has 1 aromatic carbocycles. The molecule has 4 heteroatoms. The molecule has 1 rings (SSSR count). The summed E-state index contributed by atoms with van der Waals surface area (Å²) in [5, 5.41) is 18.3. The lowest BCUT2D eigenvalue weighted by molar-refractivity contribution is 0.261. The van der Waals surface area contributed by atoms with Gasteiger partial charge >= 0.3 is 0 Å². The molecule has 4 nitrogen and oxygen atoms in total. The number of hydrogen-bond donors (Lipinski definition) is 3. The Morgan fingerprint density at radius 1 is 1.54 bits per heavy atom. The highest BCUT2D eigenvalue weighted by molar-refractivity contribution is 5.45. The third-order valence-electron chi connectivity index (χ3n) is 1.83. The average Bonchev–Trinajstić information content (AvgIpc) is 2.16. The molecule has 4 N–H and O–H groups in total. The first kappa shape index (κ1) is 9.83. The Morgan fingerprint density at radius 2 is 2.23 bits per heavy atom. The summed E-state index contributed by atoms with van der Waals surface area (Å²) in [4.78, 5) is 0. The molecule has 0 bridgehead atoms. The van der Waals surface area contributed by atoms with Gasteiger partial charge in [0.25, 0.3) is 0 Å². The van der Waals surface area contributed by atoms with Crippen LogP contribution in [0.5, 0.6) is 11.5 Å². The summed E-state index contributed by atoms with van der Waals surface area (Å²) in [6, 6.07) is 4.23. The fourth-order valence-corrected chi connectivity index (χ4v) is 1.17. The van der Waals surface area contributed by atoms with Crippen molar-refractivity contribution in [3.63, 3.8) is 0 Å². The summed E-state index contributed by atoms with van der Waals surface area (Å²) < 4.78 is 5.00. The molecular formula is C9H13NO3. The first-order valence-electron chi connectivity index (χ1n) is 3.93. The number of phenolic OH excluding ortho intramolecular Hbond substituents is 1. The number of aromatic hydroxyl groups is 1. The van der Waals surface area contributed by atoms with Crippen molar-refractivity contribution in [3.8, 4) is 11.5 Å². The number of hydrogen-bond acceptors (Lipinski definition) is 4. The van der Waals surface area contributed by atoms with Crippen LogP contribution in [0, 0.1) is 0 Å². The van der Waals surface area contributed by atoms with Crippen molar-refractivity contribution in [2.24, 2.45) is 5.73 Å². The normalized spacial score (nSPS) is 12.5. The quantitative estimate of drug-likeness (QED) is 0.633. The van der Waals surface area contributed by atoms with Crippen LogP contribution in [0.4, 0.5) is 0 Å². The van der Waals surface area contributed by atoms with Crippen LogP contribution in [0.1, 0.15) is 11.6 Å². The number of methoxy groups -OCH3 is 1. The second-order valence-electron chi connectivity index (χ2n) is 2.68. The van der Waals surface area contributed by atoms with Gasteiger partial charge in [0, 0.05) is 0 Å². The van der Waals surface area contributed by atoms with Gasteiger partial charge in [0.1, 0.15) is 11.5 Å². The predicted molar refractivity (Wildman–Crippen MR) is 48.7 cm³/mol. The largest absolute Gasteiger partial charge is 0.507 e. The van der Waals surface area contributed by atoms with Crippen molar-refractivity contribution >= 4 is 0 Å². The monoisotopic (exact) mass is 183 g/mol. The molecule has 0 aliphatic rings. The number of benzene rings is 1. The van der Waals surface area contributed by atoms with Gasteiger partial charge in [-0.05, 0) is 12.1 Å². The van der Waals surface area contributed by atoms with Gasteiger partial charge in [0.05, 0.1) is 25.3 Å². The fraction of sp³-hybridized carbons (Fsp3) is 0.333. The average molecular weight is 183 g/mol. The molecule has 0 aliphatic heterocycles. The third kappa shape index (κ3) is 1.91. The van der Waals surface area contributed by atoms with Crippen molar-refractivity contribution < 1.29 is 14.9 Å². The van der Waals surface area contributed by atoms with Gasteiger partial charge in [0.15, 0.2) is 0 Å². The van der Waals surface area contributed by atoms with E-state index in [9.17, 15) is 5.11 Å². The lowest BCUT2D eigenvalue weighted by Gasteiger charge is -2.14. The van der Waals surface area contributed by atoms with Crippen LogP contribution in [0.15, 0.2) is 18.2 Å². The zero-order valence-electron chi connectivity index (χ0n) is 7.40. The van der Waals surface area contributed by atoms with Gasteiger partial charge in [-0.3, -0.25) is 0 Å². The minimum atomic E-state index is -0.615. The van der Waals surface area contributed by atoms with Gasteiger partial charge in [-0.2, -0.15) is 0 Å². The standard InChI is InChI=1S/C9H13NO3/c1-13-8-4-2-3-7(12)9(8)6(10)5-11/h2-4,6,11-12H,5,10H2,1H3/t6-/m0/s1. The van der Waals surface area contributed by atoms with Gasteiger partial charge in [-0.15, -0.1) is 0 Å². The van der Waals surface area contributed by atoms with Crippen LogP contribution < -0.4 is 10.5 Å². The molecule has 72 valence electrons. The van der Waals surface area contributed by atoms with Crippen LogP contribution in [-0.4, -0.2) is 23.9 Å². The highest BCUT2D eigenvalue weighted by atomic mass is 16.5. The Kier molecular flexibility index (Phi) is 3.11. The summed E-state index contributed by atoms with van der Waals surface area (Å²) in [5.74, 6) is 0.530. The van der Waals surface area contributed by atoms with Crippen molar-refractivity contribution in [2.45, 2.75) is 6.04 Å². The number of aliphatic hydroxyl groups excluding tert-OH is 1. The van der Waals surface area contributed by atoms with E-state index in [1.54, 1.807) is 12.1 Å². The molecule has 0 saturated heterocycles. The first-order valence-corrected chi connectivity index (χ1v) is 3.93. The Balaban J connectivity index is 3.14. The first-order chi connectivity index (χ1) is 6.20. The lowest BCUT2D eigenvalue weighted by atomic mass is 10.1. The zero-order valence-corrected chi connectivity index (χ0v) is 7.40. The zero-order chi connectivity index (χ0) is 9.84. The van der Waals surface area contributed by atoms with E-state index < -0.39 is 6.04 Å². The molecule has 0 aromatic heterocycles. The molecule has 0 saturated carbocycles. The lowest BCUT2D eigenvalue weighted by Crippen LogP contribution is -2.15. The van der Waals surface area contributed by atoms with Crippen molar-refractivity contribution in [1.82, 2.24) is 0 Å². The van der Waals surface area contributed by atoms with E-state index in [0.29, 0.717) is 11.3 Å². The van der Waals surface area contributed by atoms with E-state index in [4.69, 9.17) is 15.6 Å². The predicted octanol–water partition coefficient (Wildman–Crippen LogP) is 0.393. The second-order valence-corrected chi connectivity index (χ2v) is 2.68. The van der Waals surface area contributed by atoms with E-state index in [1.165, 1.54) is 13.2 Å². The second kappa shape index (κ2) is 4.11. The Bertz CT molecular complexity index is 288. The van der Waals surface area contributed by atoms with Crippen molar-refractivity contribution in [1.29, 1.82) is 0 Å². The van der Waals surface area contributed by atoms with Crippen LogP contribution in [-0.2, 0) is 0 Å². The van der Waals surface area contributed by atoms with E-state index in [2.05, 4.69) is 0 Å². The maximum absolute atomic E-state index is 9.45. The summed E-state index contributed by atoms with van der Waals surface area (Å²) in [6.07, 6.45) is 0. The summed E-state index contributed by atoms with van der Waals surface area (Å²) in [5.41, 5.74) is 6.02. The molecule has 0 spiro atoms. The molecule has 0 radical (unpaired) electrons. The molecule has 13 heavy (non-hydrogen) atoms. The molecule has 0 heterocycles. The molecule has 1 aromatic rings. The van der Waals surface area contributed by atoms with Gasteiger partial charge in [0.2, 0.25) is 0 Å². The summed E-state index contributed by atoms with van der Waals surface area (Å²) >= 11 is 0. The van der Waals surface area contributed by atoms with Crippen LogP contribution in [0.25, 0.3) is 0 Å². The van der Waals surface area contributed by atoms with E-state index in [0.717, 1.165) is 0 Å². The highest BCUT2D eigenvalue weighted by Crippen LogP contribution is 2.31. The number of nitrogens with two attached hydrogens (primary N) is 1. The molecule has 0 amide bonds. The number of phenols is 1.